The summed E-state index contributed by atoms with van der Waals surface area (Å²) in [6.45, 7) is 2.62. The first kappa shape index (κ1) is 17.5. The fourth-order valence-electron chi connectivity index (χ4n) is 2.18. The minimum Gasteiger partial charge on any atom is -0.493 e. The summed E-state index contributed by atoms with van der Waals surface area (Å²) in [5.41, 5.74) is 0.227. The van der Waals surface area contributed by atoms with Crippen LogP contribution in [0.25, 0.3) is 0 Å². The van der Waals surface area contributed by atoms with Gasteiger partial charge in [0, 0.05) is 6.54 Å². The summed E-state index contributed by atoms with van der Waals surface area (Å²) in [5, 5.41) is 11.3. The first-order valence-electron chi connectivity index (χ1n) is 7.37. The lowest BCUT2D eigenvalue weighted by Crippen LogP contribution is -2.12. The molecular weight excluding hydrogens is 316 g/mol. The van der Waals surface area contributed by atoms with E-state index in [1.807, 2.05) is 6.92 Å². The molecule has 0 saturated heterocycles. The number of carbonyl (C=O) groups is 1. The average molecular weight is 336 g/mol. The van der Waals surface area contributed by atoms with E-state index in [-0.39, 0.29) is 17.9 Å². The fourth-order valence-corrected chi connectivity index (χ4v) is 2.18. The van der Waals surface area contributed by atoms with Crippen molar-refractivity contribution in [2.75, 3.05) is 21.3 Å². The third-order valence-corrected chi connectivity index (χ3v) is 3.30. The van der Waals surface area contributed by atoms with Crippen molar-refractivity contribution in [1.82, 2.24) is 20.2 Å². The Morgan fingerprint density at radius 3 is 2.50 bits per heavy atom. The van der Waals surface area contributed by atoms with E-state index in [0.717, 1.165) is 6.42 Å². The van der Waals surface area contributed by atoms with Gasteiger partial charge in [-0.1, -0.05) is 6.92 Å². The van der Waals surface area contributed by atoms with E-state index in [1.165, 1.54) is 21.3 Å². The molecule has 0 spiro atoms. The molecule has 2 rings (SSSR count). The maximum absolute atomic E-state index is 12.4. The zero-order chi connectivity index (χ0) is 17.5. The van der Waals surface area contributed by atoms with Gasteiger partial charge in [0.25, 0.3) is 0 Å². The summed E-state index contributed by atoms with van der Waals surface area (Å²) in [7, 11) is 4.41. The van der Waals surface area contributed by atoms with Gasteiger partial charge in [-0.15, -0.1) is 5.10 Å². The Bertz CT molecular complexity index is 701. The molecule has 0 saturated carbocycles. The van der Waals surface area contributed by atoms with Gasteiger partial charge in [0.2, 0.25) is 5.75 Å². The SMILES string of the molecule is CCCn1nnnc1COC(=O)c1ccc(OC)c(OC)c1OC. The highest BCUT2D eigenvalue weighted by Crippen LogP contribution is 2.39. The lowest BCUT2D eigenvalue weighted by Gasteiger charge is -2.15. The zero-order valence-electron chi connectivity index (χ0n) is 14.1. The lowest BCUT2D eigenvalue weighted by atomic mass is 10.1. The van der Waals surface area contributed by atoms with Crippen LogP contribution in [-0.4, -0.2) is 47.5 Å². The molecule has 0 unspecified atom stereocenters. The van der Waals surface area contributed by atoms with Gasteiger partial charge < -0.3 is 18.9 Å². The quantitative estimate of drug-likeness (QED) is 0.668. The van der Waals surface area contributed by atoms with Crippen LogP contribution in [0, 0.1) is 0 Å². The summed E-state index contributed by atoms with van der Waals surface area (Å²) >= 11 is 0. The van der Waals surface area contributed by atoms with E-state index in [2.05, 4.69) is 15.5 Å². The number of carbonyl (C=O) groups excluding carboxylic acids is 1. The number of aromatic nitrogens is 4. The topological polar surface area (TPSA) is 97.6 Å². The van der Waals surface area contributed by atoms with Crippen molar-refractivity contribution in [3.05, 3.63) is 23.5 Å². The predicted molar refractivity (Wildman–Crippen MR) is 83.3 cm³/mol. The number of hydrogen-bond donors (Lipinski definition) is 0. The van der Waals surface area contributed by atoms with Gasteiger partial charge in [0.05, 0.1) is 21.3 Å². The van der Waals surface area contributed by atoms with Crippen LogP contribution < -0.4 is 14.2 Å². The van der Waals surface area contributed by atoms with E-state index in [0.29, 0.717) is 23.9 Å². The summed E-state index contributed by atoms with van der Waals surface area (Å²) in [6.07, 6.45) is 0.871. The maximum Gasteiger partial charge on any atom is 0.342 e. The predicted octanol–water partition coefficient (Wildman–Crippen LogP) is 1.47. The second-order valence-electron chi connectivity index (χ2n) is 4.78. The Kier molecular flexibility index (Phi) is 5.94. The van der Waals surface area contributed by atoms with Crippen LogP contribution in [-0.2, 0) is 17.9 Å². The smallest absolute Gasteiger partial charge is 0.342 e. The Balaban J connectivity index is 2.19. The van der Waals surface area contributed by atoms with Crippen molar-refractivity contribution in [2.45, 2.75) is 26.5 Å². The normalized spacial score (nSPS) is 10.3. The summed E-state index contributed by atoms with van der Waals surface area (Å²) < 4.78 is 22.6. The molecule has 9 nitrogen and oxygen atoms in total. The summed E-state index contributed by atoms with van der Waals surface area (Å²) in [4.78, 5) is 12.4. The highest BCUT2D eigenvalue weighted by Gasteiger charge is 2.22. The van der Waals surface area contributed by atoms with Crippen molar-refractivity contribution in [3.8, 4) is 17.2 Å². The van der Waals surface area contributed by atoms with Crippen LogP contribution in [0.3, 0.4) is 0 Å². The molecule has 0 radical (unpaired) electrons. The number of tetrazole rings is 1. The van der Waals surface area contributed by atoms with Crippen LogP contribution in [0.15, 0.2) is 12.1 Å². The van der Waals surface area contributed by atoms with Crippen molar-refractivity contribution in [1.29, 1.82) is 0 Å². The second-order valence-corrected chi connectivity index (χ2v) is 4.78. The van der Waals surface area contributed by atoms with Crippen LogP contribution in [0.1, 0.15) is 29.5 Å². The lowest BCUT2D eigenvalue weighted by molar-refractivity contribution is 0.0452. The van der Waals surface area contributed by atoms with E-state index in [1.54, 1.807) is 16.8 Å². The van der Waals surface area contributed by atoms with Crippen LogP contribution in [0.2, 0.25) is 0 Å². The maximum atomic E-state index is 12.4. The monoisotopic (exact) mass is 336 g/mol. The summed E-state index contributed by atoms with van der Waals surface area (Å²) in [5.74, 6) is 0.932. The molecule has 1 heterocycles. The minimum absolute atomic E-state index is 0.0384. The molecule has 0 fully saturated rings. The third kappa shape index (κ3) is 3.55. The molecule has 0 aliphatic rings. The molecule has 1 aromatic carbocycles. The average Bonchev–Trinajstić information content (AvgIpc) is 3.05. The van der Waals surface area contributed by atoms with Crippen LogP contribution >= 0.6 is 0 Å². The molecule has 0 bridgehead atoms. The Labute approximate surface area is 139 Å². The Hall–Kier alpha value is -2.84. The van der Waals surface area contributed by atoms with Crippen molar-refractivity contribution < 1.29 is 23.7 Å². The molecule has 130 valence electrons. The third-order valence-electron chi connectivity index (χ3n) is 3.30. The highest BCUT2D eigenvalue weighted by molar-refractivity contribution is 5.94. The Morgan fingerprint density at radius 1 is 1.12 bits per heavy atom. The minimum atomic E-state index is -0.571. The molecule has 0 aliphatic carbocycles. The van der Waals surface area contributed by atoms with Gasteiger partial charge in [-0.25, -0.2) is 9.48 Å². The molecule has 9 heteroatoms. The summed E-state index contributed by atoms with van der Waals surface area (Å²) in [6, 6.07) is 3.16. The van der Waals surface area contributed by atoms with E-state index < -0.39 is 5.97 Å². The standard InChI is InChI=1S/C15H20N4O5/c1-5-8-19-12(16-17-18-19)9-24-15(20)10-6-7-11(21-2)14(23-4)13(10)22-3/h6-7H,5,8-9H2,1-4H3. The first-order chi connectivity index (χ1) is 11.7. The molecule has 0 amide bonds. The molecule has 0 atom stereocenters. The fraction of sp³-hybridized carbons (Fsp3) is 0.467. The molecule has 24 heavy (non-hydrogen) atoms. The molecule has 0 N–H and O–H groups in total. The highest BCUT2D eigenvalue weighted by atomic mass is 16.5. The number of ether oxygens (including phenoxy) is 4. The van der Waals surface area contributed by atoms with Gasteiger partial charge >= 0.3 is 5.97 Å². The van der Waals surface area contributed by atoms with E-state index >= 15 is 0 Å². The van der Waals surface area contributed by atoms with Crippen LogP contribution in [0.4, 0.5) is 0 Å². The molecule has 0 aliphatic heterocycles. The zero-order valence-corrected chi connectivity index (χ0v) is 14.1. The van der Waals surface area contributed by atoms with Crippen molar-refractivity contribution in [2.24, 2.45) is 0 Å². The number of benzene rings is 1. The second kappa shape index (κ2) is 8.14. The Morgan fingerprint density at radius 2 is 1.88 bits per heavy atom. The van der Waals surface area contributed by atoms with E-state index in [4.69, 9.17) is 18.9 Å². The van der Waals surface area contributed by atoms with Gasteiger partial charge in [-0.2, -0.15) is 0 Å². The van der Waals surface area contributed by atoms with Gasteiger partial charge in [-0.05, 0) is 29.0 Å². The number of aryl methyl sites for hydroxylation is 1. The largest absolute Gasteiger partial charge is 0.493 e. The number of hydrogen-bond acceptors (Lipinski definition) is 8. The van der Waals surface area contributed by atoms with Crippen molar-refractivity contribution in [3.63, 3.8) is 0 Å². The van der Waals surface area contributed by atoms with Crippen LogP contribution in [0.5, 0.6) is 17.2 Å². The number of esters is 1. The molecular formula is C15H20N4O5. The van der Waals surface area contributed by atoms with Gasteiger partial charge in [-0.3, -0.25) is 0 Å². The number of nitrogens with zero attached hydrogens (tertiary/aromatic N) is 4. The van der Waals surface area contributed by atoms with Gasteiger partial charge in [0.15, 0.2) is 23.9 Å². The van der Waals surface area contributed by atoms with Gasteiger partial charge in [0.1, 0.15) is 5.56 Å². The first-order valence-corrected chi connectivity index (χ1v) is 7.37. The van der Waals surface area contributed by atoms with Crippen molar-refractivity contribution >= 4 is 5.97 Å². The number of methoxy groups -OCH3 is 3. The van der Waals surface area contributed by atoms with E-state index in [9.17, 15) is 4.79 Å². The number of rotatable bonds is 8. The molecule has 1 aromatic heterocycles. The molecule has 2 aromatic rings.